The molecule has 5 heteroatoms. The Kier molecular flexibility index (Phi) is 4.28. The predicted octanol–water partition coefficient (Wildman–Crippen LogP) is 3.77. The highest BCUT2D eigenvalue weighted by Crippen LogP contribution is 2.27. The lowest BCUT2D eigenvalue weighted by Gasteiger charge is -2.13. The molecular formula is C15H17BrN2O2. The van der Waals surface area contributed by atoms with Gasteiger partial charge in [0.15, 0.2) is 0 Å². The van der Waals surface area contributed by atoms with Crippen molar-refractivity contribution in [2.45, 2.75) is 26.8 Å². The fourth-order valence-electron chi connectivity index (χ4n) is 2.06. The third kappa shape index (κ3) is 2.63. The molecule has 0 fully saturated rings. The smallest absolute Gasteiger partial charge is 0.215 e. The van der Waals surface area contributed by atoms with E-state index in [0.29, 0.717) is 21.5 Å². The number of benzene rings is 1. The van der Waals surface area contributed by atoms with Crippen molar-refractivity contribution >= 4 is 21.7 Å². The summed E-state index contributed by atoms with van der Waals surface area (Å²) in [5, 5.41) is 4.24. The molecule has 4 nitrogen and oxygen atoms in total. The van der Waals surface area contributed by atoms with E-state index in [1.165, 1.54) is 0 Å². The van der Waals surface area contributed by atoms with Gasteiger partial charge in [-0.25, -0.2) is 0 Å². The van der Waals surface area contributed by atoms with Crippen molar-refractivity contribution in [1.82, 2.24) is 9.78 Å². The van der Waals surface area contributed by atoms with Crippen molar-refractivity contribution in [3.63, 3.8) is 0 Å². The minimum absolute atomic E-state index is 0.0973. The van der Waals surface area contributed by atoms with Crippen LogP contribution in [-0.4, -0.2) is 22.7 Å². The van der Waals surface area contributed by atoms with E-state index in [0.717, 1.165) is 5.56 Å². The number of halogens is 1. The minimum atomic E-state index is -0.0973. The van der Waals surface area contributed by atoms with Gasteiger partial charge < -0.3 is 4.74 Å². The highest BCUT2D eigenvalue weighted by molar-refractivity contribution is 9.10. The summed E-state index contributed by atoms with van der Waals surface area (Å²) in [6, 6.07) is 5.66. The average Bonchev–Trinajstić information content (AvgIpc) is 2.79. The van der Waals surface area contributed by atoms with Gasteiger partial charge >= 0.3 is 0 Å². The van der Waals surface area contributed by atoms with E-state index in [1.54, 1.807) is 24.1 Å². The standard InChI is InChI=1S/C15H17BrN2O2/c1-9(2)18-14(12(16)8-17-18)15(19)11-6-5-10(3)7-13(11)20-4/h5-9H,1-4H3. The highest BCUT2D eigenvalue weighted by Gasteiger charge is 2.23. The van der Waals surface area contributed by atoms with E-state index in [-0.39, 0.29) is 11.8 Å². The van der Waals surface area contributed by atoms with E-state index in [2.05, 4.69) is 21.0 Å². The first-order valence-corrected chi connectivity index (χ1v) is 7.17. The molecule has 0 amide bonds. The molecule has 0 aliphatic carbocycles. The van der Waals surface area contributed by atoms with Crippen LogP contribution in [0.2, 0.25) is 0 Å². The van der Waals surface area contributed by atoms with Crippen molar-refractivity contribution in [3.8, 4) is 5.75 Å². The quantitative estimate of drug-likeness (QED) is 0.798. The van der Waals surface area contributed by atoms with Gasteiger partial charge in [-0.05, 0) is 54.4 Å². The summed E-state index contributed by atoms with van der Waals surface area (Å²) in [5.74, 6) is 0.485. The number of methoxy groups -OCH3 is 1. The van der Waals surface area contributed by atoms with Gasteiger partial charge in [-0.15, -0.1) is 0 Å². The summed E-state index contributed by atoms with van der Waals surface area (Å²) in [6.45, 7) is 5.94. The van der Waals surface area contributed by atoms with Gasteiger partial charge in [0.05, 0.1) is 23.3 Å². The molecule has 0 aliphatic rings. The van der Waals surface area contributed by atoms with Gasteiger partial charge in [0, 0.05) is 6.04 Å². The second-order valence-corrected chi connectivity index (χ2v) is 5.77. The maximum Gasteiger partial charge on any atom is 0.215 e. The maximum atomic E-state index is 12.8. The third-order valence-corrected chi connectivity index (χ3v) is 3.64. The number of aryl methyl sites for hydroxylation is 1. The molecule has 1 aromatic carbocycles. The maximum absolute atomic E-state index is 12.8. The fraction of sp³-hybridized carbons (Fsp3) is 0.333. The summed E-state index contributed by atoms with van der Waals surface area (Å²) in [4.78, 5) is 12.8. The minimum Gasteiger partial charge on any atom is -0.496 e. The van der Waals surface area contributed by atoms with E-state index in [4.69, 9.17) is 4.74 Å². The predicted molar refractivity (Wildman–Crippen MR) is 81.5 cm³/mol. The Bertz CT molecular complexity index is 647. The van der Waals surface area contributed by atoms with Crippen molar-refractivity contribution in [1.29, 1.82) is 0 Å². The van der Waals surface area contributed by atoms with E-state index < -0.39 is 0 Å². The van der Waals surface area contributed by atoms with Crippen LogP contribution in [-0.2, 0) is 0 Å². The Morgan fingerprint density at radius 2 is 2.10 bits per heavy atom. The molecule has 0 unspecified atom stereocenters. The summed E-state index contributed by atoms with van der Waals surface area (Å²) in [5.41, 5.74) is 2.14. The lowest BCUT2D eigenvalue weighted by molar-refractivity contribution is 0.102. The number of nitrogens with zero attached hydrogens (tertiary/aromatic N) is 2. The van der Waals surface area contributed by atoms with Crippen LogP contribution in [0.4, 0.5) is 0 Å². The third-order valence-electron chi connectivity index (χ3n) is 3.06. The largest absolute Gasteiger partial charge is 0.496 e. The molecule has 0 spiro atoms. The second-order valence-electron chi connectivity index (χ2n) is 4.91. The molecular weight excluding hydrogens is 320 g/mol. The molecule has 106 valence electrons. The van der Waals surface area contributed by atoms with Crippen molar-refractivity contribution < 1.29 is 9.53 Å². The van der Waals surface area contributed by atoms with Gasteiger partial charge in [0.2, 0.25) is 5.78 Å². The molecule has 0 atom stereocenters. The highest BCUT2D eigenvalue weighted by atomic mass is 79.9. The SMILES string of the molecule is COc1cc(C)ccc1C(=O)c1c(Br)cnn1C(C)C. The first kappa shape index (κ1) is 14.8. The van der Waals surface area contributed by atoms with E-state index in [9.17, 15) is 4.79 Å². The molecule has 2 aromatic rings. The average molecular weight is 337 g/mol. The van der Waals surface area contributed by atoms with E-state index >= 15 is 0 Å². The summed E-state index contributed by atoms with van der Waals surface area (Å²) in [7, 11) is 1.57. The monoisotopic (exact) mass is 336 g/mol. The molecule has 0 saturated heterocycles. The van der Waals surface area contributed by atoms with Crippen molar-refractivity contribution in [3.05, 3.63) is 45.7 Å². The Balaban J connectivity index is 2.55. The fourth-order valence-corrected chi connectivity index (χ4v) is 2.51. The van der Waals surface area contributed by atoms with Gasteiger partial charge in [-0.1, -0.05) is 6.07 Å². The number of rotatable bonds is 4. The number of ether oxygens (including phenoxy) is 1. The van der Waals surface area contributed by atoms with Crippen LogP contribution in [0.1, 0.15) is 41.5 Å². The Hall–Kier alpha value is -1.62. The molecule has 1 aromatic heterocycles. The van der Waals surface area contributed by atoms with Crippen molar-refractivity contribution in [2.75, 3.05) is 7.11 Å². The molecule has 0 aliphatic heterocycles. The molecule has 0 radical (unpaired) electrons. The number of carbonyl (C=O) groups excluding carboxylic acids is 1. The normalized spacial score (nSPS) is 10.9. The summed E-state index contributed by atoms with van der Waals surface area (Å²) < 4.78 is 7.73. The second kappa shape index (κ2) is 5.79. The number of hydrogen-bond donors (Lipinski definition) is 0. The zero-order valence-corrected chi connectivity index (χ0v) is 13.6. The van der Waals surface area contributed by atoms with Crippen LogP contribution in [0.15, 0.2) is 28.9 Å². The lowest BCUT2D eigenvalue weighted by Crippen LogP contribution is -2.14. The zero-order chi connectivity index (χ0) is 14.9. The van der Waals surface area contributed by atoms with Gasteiger partial charge in [-0.2, -0.15) is 5.10 Å². The molecule has 20 heavy (non-hydrogen) atoms. The first-order valence-electron chi connectivity index (χ1n) is 6.38. The van der Waals surface area contributed by atoms with Crippen LogP contribution in [0, 0.1) is 6.92 Å². The molecule has 0 N–H and O–H groups in total. The van der Waals surface area contributed by atoms with Crippen LogP contribution in [0.25, 0.3) is 0 Å². The number of ketones is 1. The summed E-state index contributed by atoms with van der Waals surface area (Å²) in [6.07, 6.45) is 1.65. The van der Waals surface area contributed by atoms with Gasteiger partial charge in [0.1, 0.15) is 11.4 Å². The van der Waals surface area contributed by atoms with Gasteiger partial charge in [-0.3, -0.25) is 9.48 Å². The number of aromatic nitrogens is 2. The van der Waals surface area contributed by atoms with Crippen LogP contribution in [0.5, 0.6) is 5.75 Å². The van der Waals surface area contributed by atoms with Crippen molar-refractivity contribution in [2.24, 2.45) is 0 Å². The molecule has 0 bridgehead atoms. The molecule has 2 rings (SSSR count). The Morgan fingerprint density at radius 1 is 1.40 bits per heavy atom. The topological polar surface area (TPSA) is 44.1 Å². The van der Waals surface area contributed by atoms with Crippen LogP contribution < -0.4 is 4.74 Å². The number of hydrogen-bond acceptors (Lipinski definition) is 3. The van der Waals surface area contributed by atoms with Gasteiger partial charge in [0.25, 0.3) is 0 Å². The van der Waals surface area contributed by atoms with Crippen LogP contribution >= 0.6 is 15.9 Å². The Labute approximate surface area is 126 Å². The zero-order valence-electron chi connectivity index (χ0n) is 12.0. The van der Waals surface area contributed by atoms with E-state index in [1.807, 2.05) is 32.9 Å². The van der Waals surface area contributed by atoms with Crippen LogP contribution in [0.3, 0.4) is 0 Å². The molecule has 1 heterocycles. The molecule has 0 saturated carbocycles. The summed E-state index contributed by atoms with van der Waals surface area (Å²) >= 11 is 3.40. The Morgan fingerprint density at radius 3 is 2.70 bits per heavy atom. The number of carbonyl (C=O) groups is 1. The lowest BCUT2D eigenvalue weighted by atomic mass is 10.0. The first-order chi connectivity index (χ1) is 9.45.